The molecular formula is C23H23N3O2. The number of para-hydroxylation sites is 2. The summed E-state index contributed by atoms with van der Waals surface area (Å²) < 4.78 is 5.95. The van der Waals surface area contributed by atoms with Crippen molar-refractivity contribution < 1.29 is 9.53 Å². The average molecular weight is 373 g/mol. The molecule has 5 nitrogen and oxygen atoms in total. The number of carbonyl (C=O) groups excluding carboxylic acids is 1. The van der Waals surface area contributed by atoms with Crippen LogP contribution in [0.5, 0.6) is 11.5 Å². The molecule has 0 saturated heterocycles. The summed E-state index contributed by atoms with van der Waals surface area (Å²) in [6.07, 6.45) is 2.70. The Bertz CT molecular complexity index is 986. The number of rotatable bonds is 5. The van der Waals surface area contributed by atoms with Gasteiger partial charge in [0.15, 0.2) is 0 Å². The van der Waals surface area contributed by atoms with E-state index in [1.54, 1.807) is 11.0 Å². The van der Waals surface area contributed by atoms with Gasteiger partial charge in [-0.1, -0.05) is 44.2 Å². The van der Waals surface area contributed by atoms with Crippen molar-refractivity contribution in [1.82, 2.24) is 14.9 Å². The molecular weight excluding hydrogens is 350 g/mol. The predicted octanol–water partition coefficient (Wildman–Crippen LogP) is 4.62. The molecule has 0 atom stereocenters. The van der Waals surface area contributed by atoms with Crippen LogP contribution in [0.4, 0.5) is 0 Å². The molecule has 0 saturated carbocycles. The average Bonchev–Trinajstić information content (AvgIpc) is 3.11. The minimum Gasteiger partial charge on any atom is -0.457 e. The van der Waals surface area contributed by atoms with Gasteiger partial charge in [0.05, 0.1) is 17.8 Å². The van der Waals surface area contributed by atoms with Crippen LogP contribution < -0.4 is 4.74 Å². The number of carbonyl (C=O) groups is 1. The van der Waals surface area contributed by atoms with Gasteiger partial charge in [-0.05, 0) is 30.2 Å². The Hall–Kier alpha value is -3.21. The Morgan fingerprint density at radius 3 is 2.61 bits per heavy atom. The maximum Gasteiger partial charge on any atom is 0.258 e. The fraction of sp³-hybridized carbons (Fsp3) is 0.261. The summed E-state index contributed by atoms with van der Waals surface area (Å²) in [4.78, 5) is 24.1. The number of amides is 1. The first-order valence-electron chi connectivity index (χ1n) is 9.55. The van der Waals surface area contributed by atoms with Gasteiger partial charge in [0.2, 0.25) is 0 Å². The van der Waals surface area contributed by atoms with Crippen LogP contribution in [-0.2, 0) is 19.5 Å². The van der Waals surface area contributed by atoms with Gasteiger partial charge < -0.3 is 9.64 Å². The molecule has 1 amide bonds. The van der Waals surface area contributed by atoms with Gasteiger partial charge in [-0.3, -0.25) is 4.79 Å². The van der Waals surface area contributed by atoms with Crippen LogP contribution >= 0.6 is 0 Å². The maximum absolute atomic E-state index is 13.2. The van der Waals surface area contributed by atoms with Gasteiger partial charge in [-0.25, -0.2) is 9.97 Å². The maximum atomic E-state index is 13.2. The molecule has 1 aliphatic heterocycles. The van der Waals surface area contributed by atoms with Gasteiger partial charge in [0.1, 0.15) is 17.3 Å². The zero-order valence-electron chi connectivity index (χ0n) is 16.1. The Labute approximate surface area is 165 Å². The molecule has 0 unspecified atom stereocenters. The van der Waals surface area contributed by atoms with Crippen LogP contribution in [0.1, 0.15) is 41.3 Å². The van der Waals surface area contributed by atoms with Crippen LogP contribution in [-0.4, -0.2) is 20.8 Å². The van der Waals surface area contributed by atoms with Crippen molar-refractivity contribution >= 4 is 5.91 Å². The molecule has 0 radical (unpaired) electrons. The van der Waals surface area contributed by atoms with Crippen molar-refractivity contribution in [3.05, 3.63) is 83.4 Å². The lowest BCUT2D eigenvalue weighted by Crippen LogP contribution is -2.25. The third kappa shape index (κ3) is 3.88. The Morgan fingerprint density at radius 1 is 1.07 bits per heavy atom. The van der Waals surface area contributed by atoms with Crippen molar-refractivity contribution in [2.75, 3.05) is 0 Å². The topological polar surface area (TPSA) is 55.3 Å². The largest absolute Gasteiger partial charge is 0.457 e. The molecule has 142 valence electrons. The first kappa shape index (κ1) is 18.2. The third-order valence-corrected chi connectivity index (χ3v) is 4.67. The van der Waals surface area contributed by atoms with Crippen molar-refractivity contribution in [1.29, 1.82) is 0 Å². The number of hydrogen-bond acceptors (Lipinski definition) is 4. The number of benzene rings is 2. The van der Waals surface area contributed by atoms with E-state index in [1.807, 2.05) is 54.7 Å². The summed E-state index contributed by atoms with van der Waals surface area (Å²) in [5.41, 5.74) is 2.51. The molecule has 1 aromatic heterocycles. The zero-order valence-corrected chi connectivity index (χ0v) is 16.1. The molecule has 3 aromatic rings. The molecule has 5 heteroatoms. The van der Waals surface area contributed by atoms with Gasteiger partial charge >= 0.3 is 0 Å². The fourth-order valence-electron chi connectivity index (χ4n) is 3.32. The number of fused-ring (bicyclic) bond motifs is 1. The second kappa shape index (κ2) is 7.80. The smallest absolute Gasteiger partial charge is 0.258 e. The fourth-order valence-corrected chi connectivity index (χ4v) is 3.32. The quantitative estimate of drug-likeness (QED) is 0.655. The summed E-state index contributed by atoms with van der Waals surface area (Å²) >= 11 is 0. The van der Waals surface area contributed by atoms with E-state index in [2.05, 4.69) is 23.8 Å². The van der Waals surface area contributed by atoms with Crippen LogP contribution in [0.25, 0.3) is 0 Å². The van der Waals surface area contributed by atoms with Crippen molar-refractivity contribution in [2.45, 2.75) is 33.4 Å². The second-order valence-electron chi connectivity index (χ2n) is 7.43. The summed E-state index contributed by atoms with van der Waals surface area (Å²) in [5.74, 6) is 2.54. The second-order valence-corrected chi connectivity index (χ2v) is 7.43. The SMILES string of the molecule is CC(C)Cc1ncc2c(n1)CN(C(=O)c1ccccc1Oc1ccccc1)C2. The molecule has 28 heavy (non-hydrogen) atoms. The molecule has 0 N–H and O–H groups in total. The molecule has 0 fully saturated rings. The molecule has 2 heterocycles. The summed E-state index contributed by atoms with van der Waals surface area (Å²) in [6.45, 7) is 5.32. The van der Waals surface area contributed by atoms with E-state index in [1.165, 1.54) is 0 Å². The van der Waals surface area contributed by atoms with E-state index in [0.29, 0.717) is 36.1 Å². The van der Waals surface area contributed by atoms with Crippen molar-refractivity contribution in [3.8, 4) is 11.5 Å². The normalized spacial score (nSPS) is 12.9. The monoisotopic (exact) mass is 373 g/mol. The predicted molar refractivity (Wildman–Crippen MR) is 107 cm³/mol. The first-order chi connectivity index (χ1) is 13.6. The van der Waals surface area contributed by atoms with Gasteiger partial charge in [0.25, 0.3) is 5.91 Å². The standard InChI is InChI=1S/C23H23N3O2/c1-16(2)12-22-24-13-17-14-26(15-20(17)25-22)23(27)19-10-6-7-11-21(19)28-18-8-4-3-5-9-18/h3-11,13,16H,12,14-15H2,1-2H3. The van der Waals surface area contributed by atoms with Gasteiger partial charge in [-0.2, -0.15) is 0 Å². The Morgan fingerprint density at radius 2 is 1.82 bits per heavy atom. The van der Waals surface area contributed by atoms with Crippen molar-refractivity contribution in [3.63, 3.8) is 0 Å². The molecule has 1 aliphatic rings. The van der Waals surface area contributed by atoms with Crippen LogP contribution in [0, 0.1) is 5.92 Å². The van der Waals surface area contributed by atoms with E-state index in [9.17, 15) is 4.79 Å². The summed E-state index contributed by atoms with van der Waals surface area (Å²) in [5, 5.41) is 0. The highest BCUT2D eigenvalue weighted by Crippen LogP contribution is 2.29. The van der Waals surface area contributed by atoms with Crippen LogP contribution in [0.15, 0.2) is 60.8 Å². The lowest BCUT2D eigenvalue weighted by molar-refractivity contribution is 0.0747. The summed E-state index contributed by atoms with van der Waals surface area (Å²) in [7, 11) is 0. The van der Waals surface area contributed by atoms with Crippen LogP contribution in [0.3, 0.4) is 0 Å². The zero-order chi connectivity index (χ0) is 19.5. The Kier molecular flexibility index (Phi) is 5.06. The van der Waals surface area contributed by atoms with Gasteiger partial charge in [0, 0.05) is 24.7 Å². The molecule has 2 aromatic carbocycles. The number of nitrogens with zero attached hydrogens (tertiary/aromatic N) is 3. The minimum atomic E-state index is -0.0602. The van der Waals surface area contributed by atoms with E-state index in [4.69, 9.17) is 4.74 Å². The van der Waals surface area contributed by atoms with E-state index in [0.717, 1.165) is 23.5 Å². The number of hydrogen-bond donors (Lipinski definition) is 0. The molecule has 0 aliphatic carbocycles. The highest BCUT2D eigenvalue weighted by atomic mass is 16.5. The van der Waals surface area contributed by atoms with E-state index >= 15 is 0 Å². The third-order valence-electron chi connectivity index (χ3n) is 4.67. The van der Waals surface area contributed by atoms with Crippen LogP contribution in [0.2, 0.25) is 0 Å². The molecule has 4 rings (SSSR count). The molecule has 0 spiro atoms. The van der Waals surface area contributed by atoms with E-state index < -0.39 is 0 Å². The minimum absolute atomic E-state index is 0.0602. The Balaban J connectivity index is 1.54. The van der Waals surface area contributed by atoms with Gasteiger partial charge in [-0.15, -0.1) is 0 Å². The lowest BCUT2D eigenvalue weighted by atomic mass is 10.1. The highest BCUT2D eigenvalue weighted by Gasteiger charge is 2.28. The lowest BCUT2D eigenvalue weighted by Gasteiger charge is -2.17. The summed E-state index contributed by atoms with van der Waals surface area (Å²) in [6, 6.07) is 16.8. The number of ether oxygens (including phenoxy) is 1. The molecule has 0 bridgehead atoms. The number of aromatic nitrogens is 2. The van der Waals surface area contributed by atoms with E-state index in [-0.39, 0.29) is 5.91 Å². The van der Waals surface area contributed by atoms with Crippen molar-refractivity contribution in [2.24, 2.45) is 5.92 Å². The highest BCUT2D eigenvalue weighted by molar-refractivity contribution is 5.97. The first-order valence-corrected chi connectivity index (χ1v) is 9.55.